The number of carbonyl (C=O) groups excluding carboxylic acids is 1. The first-order valence-corrected chi connectivity index (χ1v) is 10.8. The Kier molecular flexibility index (Phi) is 5.79. The number of para-hydroxylation sites is 1. The average molecular weight is 394 g/mol. The number of nitrogens with one attached hydrogen (secondary N) is 1. The summed E-state index contributed by atoms with van der Waals surface area (Å²) >= 11 is 0. The zero-order valence-corrected chi connectivity index (χ0v) is 17.5. The van der Waals surface area contributed by atoms with E-state index in [4.69, 9.17) is 9.47 Å². The molecule has 0 bridgehead atoms. The summed E-state index contributed by atoms with van der Waals surface area (Å²) in [6.45, 7) is 2.03. The van der Waals surface area contributed by atoms with Gasteiger partial charge in [-0.3, -0.25) is 4.79 Å². The van der Waals surface area contributed by atoms with Crippen LogP contribution < -0.4 is 14.8 Å². The first-order chi connectivity index (χ1) is 14.1. The van der Waals surface area contributed by atoms with E-state index in [-0.39, 0.29) is 17.6 Å². The second kappa shape index (κ2) is 8.48. The molecule has 0 saturated heterocycles. The van der Waals surface area contributed by atoms with E-state index in [0.29, 0.717) is 6.42 Å². The van der Waals surface area contributed by atoms with Crippen molar-refractivity contribution in [2.24, 2.45) is 0 Å². The number of methoxy groups -OCH3 is 1. The molecule has 1 aliphatic carbocycles. The Morgan fingerprint density at radius 2 is 1.97 bits per heavy atom. The number of rotatable bonds is 5. The van der Waals surface area contributed by atoms with Crippen molar-refractivity contribution in [2.45, 2.75) is 69.9 Å². The summed E-state index contributed by atoms with van der Waals surface area (Å²) in [6.07, 6.45) is 7.95. The van der Waals surface area contributed by atoms with E-state index >= 15 is 0 Å². The van der Waals surface area contributed by atoms with Gasteiger partial charge in [0.25, 0.3) is 0 Å². The van der Waals surface area contributed by atoms with Crippen LogP contribution in [0, 0.1) is 6.92 Å². The number of benzene rings is 2. The van der Waals surface area contributed by atoms with Crippen LogP contribution in [0.5, 0.6) is 11.5 Å². The fraction of sp³-hybridized carbons (Fsp3) is 0.480. The monoisotopic (exact) mass is 393 g/mol. The standard InChI is InChI=1S/C25H31NO3/c1-18-16-19(10-12-22(18)28-2)11-13-24(27)26-21-17-25(14-6-3-7-15-25)29-23-9-5-4-8-20(21)23/h4-5,8-10,12,16,21H,3,6-7,11,13-15,17H2,1-2H3,(H,26,27). The predicted octanol–water partition coefficient (Wildman–Crippen LogP) is 5.28. The molecule has 1 spiro atoms. The number of fused-ring (bicyclic) bond motifs is 1. The molecular weight excluding hydrogens is 362 g/mol. The van der Waals surface area contributed by atoms with E-state index in [1.54, 1.807) is 7.11 Å². The molecule has 1 heterocycles. The highest BCUT2D eigenvalue weighted by atomic mass is 16.5. The first kappa shape index (κ1) is 19.8. The minimum atomic E-state index is -0.113. The topological polar surface area (TPSA) is 47.6 Å². The van der Waals surface area contributed by atoms with E-state index < -0.39 is 0 Å². The van der Waals surface area contributed by atoms with Crippen LogP contribution in [0.25, 0.3) is 0 Å². The summed E-state index contributed by atoms with van der Waals surface area (Å²) in [5.41, 5.74) is 3.26. The molecule has 0 radical (unpaired) electrons. The zero-order valence-electron chi connectivity index (χ0n) is 17.5. The Morgan fingerprint density at radius 1 is 1.17 bits per heavy atom. The number of hydrogen-bond donors (Lipinski definition) is 1. The fourth-order valence-corrected chi connectivity index (χ4v) is 4.87. The van der Waals surface area contributed by atoms with Crippen LogP contribution in [-0.4, -0.2) is 18.6 Å². The molecule has 1 aliphatic heterocycles. The van der Waals surface area contributed by atoms with Crippen LogP contribution in [0.15, 0.2) is 42.5 Å². The molecule has 1 atom stereocenters. The Bertz CT molecular complexity index is 870. The molecule has 154 valence electrons. The van der Waals surface area contributed by atoms with Crippen LogP contribution >= 0.6 is 0 Å². The molecule has 2 aliphatic rings. The summed E-state index contributed by atoms with van der Waals surface area (Å²) in [5, 5.41) is 3.31. The van der Waals surface area contributed by atoms with Gasteiger partial charge in [0.05, 0.1) is 13.2 Å². The quantitative estimate of drug-likeness (QED) is 0.752. The van der Waals surface area contributed by atoms with Gasteiger partial charge in [0.1, 0.15) is 17.1 Å². The van der Waals surface area contributed by atoms with E-state index in [1.807, 2.05) is 37.3 Å². The van der Waals surface area contributed by atoms with Gasteiger partial charge in [-0.25, -0.2) is 0 Å². The summed E-state index contributed by atoms with van der Waals surface area (Å²) in [4.78, 5) is 12.8. The molecule has 4 nitrogen and oxygen atoms in total. The molecule has 1 N–H and O–H groups in total. The van der Waals surface area contributed by atoms with Gasteiger partial charge in [-0.2, -0.15) is 0 Å². The molecule has 1 amide bonds. The lowest BCUT2D eigenvalue weighted by molar-refractivity contribution is -0.122. The molecule has 4 rings (SSSR count). The van der Waals surface area contributed by atoms with E-state index in [0.717, 1.165) is 53.9 Å². The Labute approximate surface area is 173 Å². The maximum Gasteiger partial charge on any atom is 0.220 e. The molecule has 29 heavy (non-hydrogen) atoms. The third kappa shape index (κ3) is 4.42. The lowest BCUT2D eigenvalue weighted by Crippen LogP contribution is -2.46. The first-order valence-electron chi connectivity index (χ1n) is 10.8. The van der Waals surface area contributed by atoms with Gasteiger partial charge in [-0.05, 0) is 62.3 Å². The van der Waals surface area contributed by atoms with Gasteiger partial charge in [0, 0.05) is 18.4 Å². The SMILES string of the molecule is COc1ccc(CCC(=O)NC2CC3(CCCCC3)Oc3ccccc32)cc1C. The molecule has 1 saturated carbocycles. The minimum absolute atomic E-state index is 0.0307. The van der Waals surface area contributed by atoms with E-state index in [9.17, 15) is 4.79 Å². The largest absolute Gasteiger partial charge is 0.496 e. The van der Waals surface area contributed by atoms with E-state index in [1.165, 1.54) is 19.3 Å². The van der Waals surface area contributed by atoms with Gasteiger partial charge >= 0.3 is 0 Å². The van der Waals surface area contributed by atoms with Crippen molar-refractivity contribution in [1.82, 2.24) is 5.32 Å². The second-order valence-corrected chi connectivity index (χ2v) is 8.51. The van der Waals surface area contributed by atoms with Crippen LogP contribution in [0.4, 0.5) is 0 Å². The van der Waals surface area contributed by atoms with Gasteiger partial charge in [-0.1, -0.05) is 36.8 Å². The van der Waals surface area contributed by atoms with Crippen molar-refractivity contribution >= 4 is 5.91 Å². The molecular formula is C25H31NO3. The average Bonchev–Trinajstić information content (AvgIpc) is 2.73. The summed E-state index contributed by atoms with van der Waals surface area (Å²) in [6, 6.07) is 14.3. The fourth-order valence-electron chi connectivity index (χ4n) is 4.87. The Balaban J connectivity index is 1.43. The molecule has 1 unspecified atom stereocenters. The number of amides is 1. The third-order valence-corrected chi connectivity index (χ3v) is 6.40. The van der Waals surface area contributed by atoms with Gasteiger partial charge < -0.3 is 14.8 Å². The Morgan fingerprint density at radius 3 is 2.72 bits per heavy atom. The molecule has 2 aromatic carbocycles. The molecule has 1 fully saturated rings. The predicted molar refractivity (Wildman–Crippen MR) is 114 cm³/mol. The van der Waals surface area contributed by atoms with Crippen LogP contribution in [-0.2, 0) is 11.2 Å². The van der Waals surface area contributed by atoms with Crippen LogP contribution in [0.1, 0.15) is 67.7 Å². The number of aryl methyl sites for hydroxylation is 2. The number of hydrogen-bond acceptors (Lipinski definition) is 3. The van der Waals surface area contributed by atoms with Crippen molar-refractivity contribution in [3.63, 3.8) is 0 Å². The van der Waals surface area contributed by atoms with Gasteiger partial charge in [0.2, 0.25) is 5.91 Å². The zero-order chi connectivity index (χ0) is 20.3. The Hall–Kier alpha value is -2.49. The van der Waals surface area contributed by atoms with Gasteiger partial charge in [-0.15, -0.1) is 0 Å². The molecule has 0 aromatic heterocycles. The lowest BCUT2D eigenvalue weighted by Gasteiger charge is -2.44. The minimum Gasteiger partial charge on any atom is -0.496 e. The van der Waals surface area contributed by atoms with Crippen molar-refractivity contribution in [3.8, 4) is 11.5 Å². The van der Waals surface area contributed by atoms with E-state index in [2.05, 4.69) is 17.4 Å². The summed E-state index contributed by atoms with van der Waals surface area (Å²) in [7, 11) is 1.68. The van der Waals surface area contributed by atoms with Crippen molar-refractivity contribution < 1.29 is 14.3 Å². The highest BCUT2D eigenvalue weighted by Crippen LogP contribution is 2.46. The summed E-state index contributed by atoms with van der Waals surface area (Å²) < 4.78 is 11.8. The lowest BCUT2D eigenvalue weighted by atomic mass is 9.77. The number of carbonyl (C=O) groups is 1. The van der Waals surface area contributed by atoms with Crippen LogP contribution in [0.2, 0.25) is 0 Å². The van der Waals surface area contributed by atoms with Crippen molar-refractivity contribution in [2.75, 3.05) is 7.11 Å². The normalized spacial score (nSPS) is 19.9. The highest BCUT2D eigenvalue weighted by molar-refractivity contribution is 5.77. The van der Waals surface area contributed by atoms with Gasteiger partial charge in [0.15, 0.2) is 0 Å². The smallest absolute Gasteiger partial charge is 0.220 e. The third-order valence-electron chi connectivity index (χ3n) is 6.40. The highest BCUT2D eigenvalue weighted by Gasteiger charge is 2.42. The maximum absolute atomic E-state index is 12.8. The number of ether oxygens (including phenoxy) is 2. The van der Waals surface area contributed by atoms with Crippen molar-refractivity contribution in [1.29, 1.82) is 0 Å². The molecule has 2 aromatic rings. The molecule has 4 heteroatoms. The summed E-state index contributed by atoms with van der Waals surface area (Å²) in [5.74, 6) is 1.93. The van der Waals surface area contributed by atoms with Crippen molar-refractivity contribution in [3.05, 3.63) is 59.2 Å². The second-order valence-electron chi connectivity index (χ2n) is 8.51. The maximum atomic E-state index is 12.8. The van der Waals surface area contributed by atoms with Crippen LogP contribution in [0.3, 0.4) is 0 Å².